The summed E-state index contributed by atoms with van der Waals surface area (Å²) in [5.41, 5.74) is 2.37. The fourth-order valence-electron chi connectivity index (χ4n) is 3.72. The lowest BCUT2D eigenvalue weighted by molar-refractivity contribution is 0.340. The van der Waals surface area contributed by atoms with Gasteiger partial charge in [-0.05, 0) is 61.9 Å². The number of nitrogens with one attached hydrogen (secondary N) is 1. The van der Waals surface area contributed by atoms with Gasteiger partial charge in [-0.25, -0.2) is 0 Å². The van der Waals surface area contributed by atoms with Crippen molar-refractivity contribution in [1.82, 2.24) is 15.2 Å². The lowest BCUT2D eigenvalue weighted by Gasteiger charge is -2.31. The van der Waals surface area contributed by atoms with E-state index < -0.39 is 0 Å². The SMILES string of the molecule is CCOc1ccc(Nc2cnnc(N3CCC(Cc4ccccc4)CC3)n2)cc1. The first-order valence-electron chi connectivity index (χ1n) is 10.3. The van der Waals surface area contributed by atoms with Crippen LogP contribution in [0.3, 0.4) is 0 Å². The molecule has 6 nitrogen and oxygen atoms in total. The fraction of sp³-hybridized carbons (Fsp3) is 0.348. The van der Waals surface area contributed by atoms with Crippen molar-refractivity contribution in [2.75, 3.05) is 29.9 Å². The number of hydrogen-bond acceptors (Lipinski definition) is 6. The number of aromatic nitrogens is 3. The third-order valence-corrected chi connectivity index (χ3v) is 5.25. The lowest BCUT2D eigenvalue weighted by Crippen LogP contribution is -2.35. The Morgan fingerprint density at radius 3 is 2.52 bits per heavy atom. The van der Waals surface area contributed by atoms with Gasteiger partial charge in [0.05, 0.1) is 12.8 Å². The first kappa shape index (κ1) is 19.2. The van der Waals surface area contributed by atoms with Crippen LogP contribution in [0.5, 0.6) is 5.75 Å². The highest BCUT2D eigenvalue weighted by molar-refractivity contribution is 5.57. The van der Waals surface area contributed by atoms with Crippen molar-refractivity contribution in [3.63, 3.8) is 0 Å². The summed E-state index contributed by atoms with van der Waals surface area (Å²) in [5, 5.41) is 11.7. The van der Waals surface area contributed by atoms with E-state index in [1.807, 2.05) is 31.2 Å². The Hall–Kier alpha value is -3.15. The molecule has 150 valence electrons. The van der Waals surface area contributed by atoms with Crippen molar-refractivity contribution >= 4 is 17.5 Å². The maximum Gasteiger partial charge on any atom is 0.247 e. The molecule has 0 radical (unpaired) electrons. The summed E-state index contributed by atoms with van der Waals surface area (Å²) in [6.45, 7) is 4.57. The number of anilines is 3. The zero-order valence-corrected chi connectivity index (χ0v) is 16.8. The van der Waals surface area contributed by atoms with Gasteiger partial charge in [0.1, 0.15) is 5.75 Å². The Labute approximate surface area is 172 Å². The van der Waals surface area contributed by atoms with Crippen LogP contribution in [0, 0.1) is 5.92 Å². The van der Waals surface area contributed by atoms with Gasteiger partial charge in [0, 0.05) is 18.8 Å². The van der Waals surface area contributed by atoms with Gasteiger partial charge in [-0.3, -0.25) is 0 Å². The summed E-state index contributed by atoms with van der Waals surface area (Å²) in [7, 11) is 0. The zero-order chi connectivity index (χ0) is 19.9. The van der Waals surface area contributed by atoms with Gasteiger partial charge in [0.15, 0.2) is 5.82 Å². The number of nitrogens with zero attached hydrogens (tertiary/aromatic N) is 4. The van der Waals surface area contributed by atoms with Crippen LogP contribution in [-0.4, -0.2) is 34.9 Å². The van der Waals surface area contributed by atoms with Crippen LogP contribution in [0.2, 0.25) is 0 Å². The van der Waals surface area contributed by atoms with E-state index in [1.54, 1.807) is 6.20 Å². The molecule has 0 amide bonds. The van der Waals surface area contributed by atoms with Gasteiger partial charge in [0.2, 0.25) is 5.95 Å². The van der Waals surface area contributed by atoms with Crippen LogP contribution >= 0.6 is 0 Å². The molecule has 0 unspecified atom stereocenters. The minimum absolute atomic E-state index is 0.661. The molecule has 4 rings (SSSR count). The van der Waals surface area contributed by atoms with E-state index in [1.165, 1.54) is 5.56 Å². The van der Waals surface area contributed by atoms with E-state index in [2.05, 4.69) is 55.7 Å². The number of benzene rings is 2. The molecule has 1 aliphatic rings. The predicted octanol–water partition coefficient (Wildman–Crippen LogP) is 4.47. The average molecular weight is 390 g/mol. The normalized spacial score (nSPS) is 14.6. The molecular formula is C23H27N5O. The molecule has 29 heavy (non-hydrogen) atoms. The molecule has 1 N–H and O–H groups in total. The second kappa shape index (κ2) is 9.37. The Morgan fingerprint density at radius 2 is 1.79 bits per heavy atom. The van der Waals surface area contributed by atoms with E-state index in [0.29, 0.717) is 24.3 Å². The molecule has 2 aromatic carbocycles. The average Bonchev–Trinajstić information content (AvgIpc) is 2.77. The number of piperidine rings is 1. The van der Waals surface area contributed by atoms with Crippen LogP contribution in [0.4, 0.5) is 17.5 Å². The second-order valence-electron chi connectivity index (χ2n) is 7.34. The Bertz CT molecular complexity index is 893. The van der Waals surface area contributed by atoms with Gasteiger partial charge < -0.3 is 15.0 Å². The van der Waals surface area contributed by atoms with Gasteiger partial charge in [-0.1, -0.05) is 30.3 Å². The molecule has 0 bridgehead atoms. The van der Waals surface area contributed by atoms with Crippen molar-refractivity contribution in [3.8, 4) is 5.75 Å². The van der Waals surface area contributed by atoms with Crippen molar-refractivity contribution in [2.24, 2.45) is 5.92 Å². The molecular weight excluding hydrogens is 362 g/mol. The molecule has 0 aliphatic carbocycles. The first-order valence-corrected chi connectivity index (χ1v) is 10.3. The minimum atomic E-state index is 0.661. The summed E-state index contributed by atoms with van der Waals surface area (Å²) >= 11 is 0. The highest BCUT2D eigenvalue weighted by atomic mass is 16.5. The monoisotopic (exact) mass is 389 g/mol. The molecule has 3 aromatic rings. The first-order chi connectivity index (χ1) is 14.3. The van der Waals surface area contributed by atoms with E-state index in [4.69, 9.17) is 4.74 Å². The number of rotatable bonds is 7. The van der Waals surface area contributed by atoms with E-state index in [-0.39, 0.29) is 0 Å². The zero-order valence-electron chi connectivity index (χ0n) is 16.8. The minimum Gasteiger partial charge on any atom is -0.494 e. The Kier molecular flexibility index (Phi) is 6.19. The van der Waals surface area contributed by atoms with Crippen LogP contribution in [0.25, 0.3) is 0 Å². The Balaban J connectivity index is 1.34. The third kappa shape index (κ3) is 5.22. The quantitative estimate of drug-likeness (QED) is 0.643. The predicted molar refractivity (Wildman–Crippen MR) is 116 cm³/mol. The molecule has 1 aliphatic heterocycles. The van der Waals surface area contributed by atoms with Crippen LogP contribution < -0.4 is 15.0 Å². The molecule has 1 saturated heterocycles. The van der Waals surface area contributed by atoms with E-state index in [0.717, 1.165) is 43.8 Å². The lowest BCUT2D eigenvalue weighted by atomic mass is 9.90. The summed E-state index contributed by atoms with van der Waals surface area (Å²) in [6.07, 6.45) is 5.10. The van der Waals surface area contributed by atoms with E-state index >= 15 is 0 Å². The fourth-order valence-corrected chi connectivity index (χ4v) is 3.72. The van der Waals surface area contributed by atoms with E-state index in [9.17, 15) is 0 Å². The highest BCUT2D eigenvalue weighted by Crippen LogP contribution is 2.25. The van der Waals surface area contributed by atoms with Crippen LogP contribution in [-0.2, 0) is 6.42 Å². The third-order valence-electron chi connectivity index (χ3n) is 5.25. The number of hydrogen-bond donors (Lipinski definition) is 1. The summed E-state index contributed by atoms with van der Waals surface area (Å²) in [5.74, 6) is 2.97. The van der Waals surface area contributed by atoms with Crippen molar-refractivity contribution in [3.05, 3.63) is 66.4 Å². The van der Waals surface area contributed by atoms with Gasteiger partial charge in [0.25, 0.3) is 0 Å². The summed E-state index contributed by atoms with van der Waals surface area (Å²) in [6, 6.07) is 18.6. The van der Waals surface area contributed by atoms with Crippen molar-refractivity contribution in [1.29, 1.82) is 0 Å². The van der Waals surface area contributed by atoms with Gasteiger partial charge in [-0.2, -0.15) is 10.1 Å². The summed E-state index contributed by atoms with van der Waals surface area (Å²) < 4.78 is 5.48. The van der Waals surface area contributed by atoms with Crippen molar-refractivity contribution < 1.29 is 4.74 Å². The molecule has 6 heteroatoms. The maximum atomic E-state index is 5.48. The van der Waals surface area contributed by atoms with Crippen molar-refractivity contribution in [2.45, 2.75) is 26.2 Å². The molecule has 1 aromatic heterocycles. The topological polar surface area (TPSA) is 63.2 Å². The van der Waals surface area contributed by atoms with Gasteiger partial charge >= 0.3 is 0 Å². The smallest absolute Gasteiger partial charge is 0.247 e. The molecule has 2 heterocycles. The largest absolute Gasteiger partial charge is 0.494 e. The maximum absolute atomic E-state index is 5.48. The standard InChI is InChI=1S/C23H27N5O/c1-2-29-21-10-8-20(9-11-21)25-22-17-24-27-23(26-22)28-14-12-19(13-15-28)16-18-6-4-3-5-7-18/h3-11,17,19H,2,12-16H2,1H3,(H,25,26,27). The molecule has 0 atom stereocenters. The van der Waals surface area contributed by atoms with Crippen LogP contribution in [0.15, 0.2) is 60.8 Å². The summed E-state index contributed by atoms with van der Waals surface area (Å²) in [4.78, 5) is 6.90. The number of ether oxygens (including phenoxy) is 1. The van der Waals surface area contributed by atoms with Gasteiger partial charge in [-0.15, -0.1) is 5.10 Å². The van der Waals surface area contributed by atoms with Crippen LogP contribution in [0.1, 0.15) is 25.3 Å². The molecule has 0 saturated carbocycles. The molecule has 1 fully saturated rings. The Morgan fingerprint density at radius 1 is 1.03 bits per heavy atom. The molecule has 0 spiro atoms. The second-order valence-corrected chi connectivity index (χ2v) is 7.34. The highest BCUT2D eigenvalue weighted by Gasteiger charge is 2.21.